The molecule has 1 aliphatic rings. The summed E-state index contributed by atoms with van der Waals surface area (Å²) < 4.78 is 13.9. The summed E-state index contributed by atoms with van der Waals surface area (Å²) in [7, 11) is 0. The summed E-state index contributed by atoms with van der Waals surface area (Å²) in [6, 6.07) is 9.03. The first kappa shape index (κ1) is 15.8. The van der Waals surface area contributed by atoms with Crippen molar-refractivity contribution in [2.45, 2.75) is 32.7 Å². The molecule has 5 heteroatoms. The monoisotopic (exact) mass is 337 g/mol. The van der Waals surface area contributed by atoms with Crippen molar-refractivity contribution in [1.29, 1.82) is 0 Å². The standard InChI is InChI=1S/C20H20FN3O/c1-12-5-6-14(8-13(12)2)18-4-3-7-24(18)20(25)16-9-15(21)10-17-19(16)23-11-22-17/h5-6,8-11,18H,3-4,7H2,1-2H3,(H,22,23)/t18-/m1/s1. The zero-order chi connectivity index (χ0) is 17.6. The molecule has 0 saturated carbocycles. The Labute approximate surface area is 145 Å². The number of imidazole rings is 1. The minimum Gasteiger partial charge on any atom is -0.344 e. The van der Waals surface area contributed by atoms with Crippen LogP contribution in [-0.2, 0) is 0 Å². The number of benzene rings is 2. The first-order chi connectivity index (χ1) is 12.0. The average molecular weight is 337 g/mol. The van der Waals surface area contributed by atoms with Crippen LogP contribution in [-0.4, -0.2) is 27.3 Å². The first-order valence-corrected chi connectivity index (χ1v) is 8.55. The van der Waals surface area contributed by atoms with Crippen molar-refractivity contribution in [2.75, 3.05) is 6.54 Å². The maximum Gasteiger partial charge on any atom is 0.256 e. The molecule has 0 aliphatic carbocycles. The number of H-pyrrole nitrogens is 1. The van der Waals surface area contributed by atoms with Crippen molar-refractivity contribution in [1.82, 2.24) is 14.9 Å². The summed E-state index contributed by atoms with van der Waals surface area (Å²) in [6.45, 7) is 4.84. The fourth-order valence-electron chi connectivity index (χ4n) is 3.66. The van der Waals surface area contributed by atoms with E-state index < -0.39 is 5.82 Å². The molecule has 4 rings (SSSR count). The number of hydrogen-bond acceptors (Lipinski definition) is 2. The van der Waals surface area contributed by atoms with E-state index in [0.717, 1.165) is 18.4 Å². The lowest BCUT2D eigenvalue weighted by Gasteiger charge is -2.26. The van der Waals surface area contributed by atoms with Crippen molar-refractivity contribution in [3.05, 3.63) is 64.7 Å². The molecule has 1 saturated heterocycles. The Balaban J connectivity index is 1.73. The van der Waals surface area contributed by atoms with Gasteiger partial charge in [-0.1, -0.05) is 18.2 Å². The molecule has 0 unspecified atom stereocenters. The van der Waals surface area contributed by atoms with Gasteiger partial charge in [0.25, 0.3) is 5.91 Å². The second-order valence-corrected chi connectivity index (χ2v) is 6.75. The molecule has 1 N–H and O–H groups in total. The fourth-order valence-corrected chi connectivity index (χ4v) is 3.66. The molecule has 1 fully saturated rings. The number of carbonyl (C=O) groups is 1. The third-order valence-corrected chi connectivity index (χ3v) is 5.15. The summed E-state index contributed by atoms with van der Waals surface area (Å²) in [5.41, 5.74) is 5.00. The number of likely N-dealkylation sites (tertiary alicyclic amines) is 1. The van der Waals surface area contributed by atoms with Crippen molar-refractivity contribution >= 4 is 16.9 Å². The van der Waals surface area contributed by atoms with Gasteiger partial charge in [0.05, 0.1) is 23.4 Å². The zero-order valence-electron chi connectivity index (χ0n) is 14.3. The van der Waals surface area contributed by atoms with Crippen molar-refractivity contribution in [3.8, 4) is 0 Å². The highest BCUT2D eigenvalue weighted by molar-refractivity contribution is 6.05. The molecule has 0 radical (unpaired) electrons. The van der Waals surface area contributed by atoms with E-state index in [0.29, 0.717) is 23.1 Å². The average Bonchev–Trinajstić information content (AvgIpc) is 3.24. The van der Waals surface area contributed by atoms with Crippen LogP contribution in [0.2, 0.25) is 0 Å². The van der Waals surface area contributed by atoms with Crippen LogP contribution in [0.3, 0.4) is 0 Å². The lowest BCUT2D eigenvalue weighted by molar-refractivity contribution is 0.0737. The first-order valence-electron chi connectivity index (χ1n) is 8.55. The number of aryl methyl sites for hydroxylation is 2. The third kappa shape index (κ3) is 2.69. The van der Waals surface area contributed by atoms with Gasteiger partial charge >= 0.3 is 0 Å². The lowest BCUT2D eigenvalue weighted by Crippen LogP contribution is -2.31. The van der Waals surface area contributed by atoms with Crippen molar-refractivity contribution < 1.29 is 9.18 Å². The number of carbonyl (C=O) groups excluding carboxylic acids is 1. The highest BCUT2D eigenvalue weighted by Crippen LogP contribution is 2.34. The van der Waals surface area contributed by atoms with Gasteiger partial charge in [0.15, 0.2) is 0 Å². The quantitative estimate of drug-likeness (QED) is 0.758. The molecule has 3 aromatic rings. The smallest absolute Gasteiger partial charge is 0.256 e. The van der Waals surface area contributed by atoms with E-state index in [2.05, 4.69) is 42.0 Å². The highest BCUT2D eigenvalue weighted by atomic mass is 19.1. The predicted molar refractivity (Wildman–Crippen MR) is 95.0 cm³/mol. The van der Waals surface area contributed by atoms with E-state index in [-0.39, 0.29) is 11.9 Å². The summed E-state index contributed by atoms with van der Waals surface area (Å²) in [4.78, 5) is 22.1. The van der Waals surface area contributed by atoms with Gasteiger partial charge in [-0.15, -0.1) is 0 Å². The van der Waals surface area contributed by atoms with E-state index in [1.165, 1.54) is 29.6 Å². The Morgan fingerprint density at radius 1 is 1.24 bits per heavy atom. The second-order valence-electron chi connectivity index (χ2n) is 6.75. The van der Waals surface area contributed by atoms with Gasteiger partial charge in [0, 0.05) is 6.54 Å². The van der Waals surface area contributed by atoms with E-state index >= 15 is 0 Å². The number of aromatic nitrogens is 2. The van der Waals surface area contributed by atoms with Gasteiger partial charge in [-0.05, 0) is 55.5 Å². The molecular weight excluding hydrogens is 317 g/mol. The van der Waals surface area contributed by atoms with E-state index in [1.807, 2.05) is 4.90 Å². The molecule has 4 nitrogen and oxygen atoms in total. The van der Waals surface area contributed by atoms with Gasteiger partial charge in [-0.25, -0.2) is 9.37 Å². The van der Waals surface area contributed by atoms with Crippen molar-refractivity contribution in [3.63, 3.8) is 0 Å². The van der Waals surface area contributed by atoms with E-state index in [9.17, 15) is 9.18 Å². The number of halogens is 1. The van der Waals surface area contributed by atoms with E-state index in [4.69, 9.17) is 0 Å². The topological polar surface area (TPSA) is 49.0 Å². The van der Waals surface area contributed by atoms with Gasteiger partial charge in [-0.3, -0.25) is 4.79 Å². The Kier molecular flexibility index (Phi) is 3.79. The second kappa shape index (κ2) is 5.99. The number of amides is 1. The van der Waals surface area contributed by atoms with Crippen LogP contribution in [0.4, 0.5) is 4.39 Å². The SMILES string of the molecule is Cc1ccc([C@H]2CCCN2C(=O)c2cc(F)cc3[nH]cnc23)cc1C. The predicted octanol–water partition coefficient (Wildman–Crippen LogP) is 4.30. The Hall–Kier alpha value is -2.69. The molecule has 25 heavy (non-hydrogen) atoms. The normalized spacial score (nSPS) is 17.4. The number of fused-ring (bicyclic) bond motifs is 1. The summed E-state index contributed by atoms with van der Waals surface area (Å²) >= 11 is 0. The van der Waals surface area contributed by atoms with Crippen LogP contribution >= 0.6 is 0 Å². The van der Waals surface area contributed by atoms with Crippen LogP contribution in [0.5, 0.6) is 0 Å². The molecule has 1 amide bonds. The molecule has 1 aromatic heterocycles. The molecule has 0 bridgehead atoms. The van der Waals surface area contributed by atoms with Crippen LogP contribution < -0.4 is 0 Å². The van der Waals surface area contributed by atoms with Gasteiger partial charge in [-0.2, -0.15) is 0 Å². The largest absolute Gasteiger partial charge is 0.344 e. The Bertz CT molecular complexity index is 963. The Morgan fingerprint density at radius 2 is 2.08 bits per heavy atom. The zero-order valence-corrected chi connectivity index (χ0v) is 14.3. The number of rotatable bonds is 2. The third-order valence-electron chi connectivity index (χ3n) is 5.15. The molecular formula is C20H20FN3O. The highest BCUT2D eigenvalue weighted by Gasteiger charge is 2.32. The van der Waals surface area contributed by atoms with Crippen molar-refractivity contribution in [2.24, 2.45) is 0 Å². The lowest BCUT2D eigenvalue weighted by atomic mass is 9.99. The maximum absolute atomic E-state index is 13.9. The minimum absolute atomic E-state index is 0.0315. The van der Waals surface area contributed by atoms with Gasteiger partial charge in [0.2, 0.25) is 0 Å². The van der Waals surface area contributed by atoms with Crippen LogP contribution in [0.25, 0.3) is 11.0 Å². The fraction of sp³-hybridized carbons (Fsp3) is 0.300. The summed E-state index contributed by atoms with van der Waals surface area (Å²) in [5, 5.41) is 0. The number of nitrogens with one attached hydrogen (secondary N) is 1. The number of hydrogen-bond donors (Lipinski definition) is 1. The van der Waals surface area contributed by atoms with E-state index in [1.54, 1.807) is 0 Å². The van der Waals surface area contributed by atoms with Crippen LogP contribution in [0.1, 0.15) is 45.9 Å². The molecule has 1 atom stereocenters. The number of nitrogens with zero attached hydrogens (tertiary/aromatic N) is 2. The summed E-state index contributed by atoms with van der Waals surface area (Å²) in [5.74, 6) is -0.584. The molecule has 1 aliphatic heterocycles. The summed E-state index contributed by atoms with van der Waals surface area (Å²) in [6.07, 6.45) is 3.36. The van der Waals surface area contributed by atoms with Crippen LogP contribution in [0, 0.1) is 19.7 Å². The van der Waals surface area contributed by atoms with Crippen LogP contribution in [0.15, 0.2) is 36.7 Å². The Morgan fingerprint density at radius 3 is 2.88 bits per heavy atom. The molecule has 0 spiro atoms. The maximum atomic E-state index is 13.9. The van der Waals surface area contributed by atoms with Gasteiger partial charge < -0.3 is 9.88 Å². The number of aromatic amines is 1. The molecule has 2 heterocycles. The molecule has 2 aromatic carbocycles. The van der Waals surface area contributed by atoms with Gasteiger partial charge in [0.1, 0.15) is 11.3 Å². The molecule has 128 valence electrons. The minimum atomic E-state index is -0.429.